The number of amides is 2. The van der Waals surface area contributed by atoms with Crippen molar-refractivity contribution in [2.75, 3.05) is 6.61 Å². The Balaban J connectivity index is 2.16. The summed E-state index contributed by atoms with van der Waals surface area (Å²) in [5.41, 5.74) is 4.84. The van der Waals surface area contributed by atoms with E-state index in [0.717, 1.165) is 0 Å². The van der Waals surface area contributed by atoms with Gasteiger partial charge < -0.3 is 10.5 Å². The first-order valence-electron chi connectivity index (χ1n) is 4.61. The van der Waals surface area contributed by atoms with Crippen LogP contribution in [0.3, 0.4) is 0 Å². The zero-order valence-corrected chi connectivity index (χ0v) is 9.33. The van der Waals surface area contributed by atoms with Crippen LogP contribution in [0.15, 0.2) is 30.3 Å². The second-order valence-electron chi connectivity index (χ2n) is 2.86. The maximum atomic E-state index is 11.1. The van der Waals surface area contributed by atoms with E-state index in [1.807, 2.05) is 18.2 Å². The minimum absolute atomic E-state index is 0.176. The molecule has 0 fully saturated rings. The maximum absolute atomic E-state index is 11.1. The third-order valence-electron chi connectivity index (χ3n) is 1.61. The highest BCUT2D eigenvalue weighted by molar-refractivity contribution is 8.12. The fourth-order valence-electron chi connectivity index (χ4n) is 0.937. The number of nitrogens with two attached hydrogens (primary N) is 1. The summed E-state index contributed by atoms with van der Waals surface area (Å²) in [6.45, 7) is 0.259. The lowest BCUT2D eigenvalue weighted by molar-refractivity contribution is -0.119. The molecule has 1 rings (SSSR count). The van der Waals surface area contributed by atoms with Crippen LogP contribution in [0, 0.1) is 0 Å². The quantitative estimate of drug-likeness (QED) is 0.777. The minimum Gasteiger partial charge on any atom is -0.493 e. The van der Waals surface area contributed by atoms with Gasteiger partial charge >= 0.3 is 0 Å². The predicted molar refractivity (Wildman–Crippen MR) is 61.9 cm³/mol. The molecule has 5 nitrogen and oxygen atoms in total. The number of rotatable bonds is 4. The van der Waals surface area contributed by atoms with E-state index < -0.39 is 5.24 Å². The highest BCUT2D eigenvalue weighted by Gasteiger charge is 2.03. The van der Waals surface area contributed by atoms with Crippen LogP contribution in [-0.4, -0.2) is 17.8 Å². The van der Waals surface area contributed by atoms with E-state index >= 15 is 0 Å². The molecule has 3 N–H and O–H groups in total. The van der Waals surface area contributed by atoms with Gasteiger partial charge in [0.1, 0.15) is 5.75 Å². The zero-order chi connectivity index (χ0) is 11.8. The topological polar surface area (TPSA) is 81.4 Å². The molecular weight excluding hydrogens is 228 g/mol. The Kier molecular flexibility index (Phi) is 5.21. The fraction of sp³-hybridized carbons (Fsp3) is 0.200. The predicted octanol–water partition coefficient (Wildman–Crippen LogP) is 1.30. The number of carbonyl (C=O) groups excluding carboxylic acids is 2. The van der Waals surface area contributed by atoms with Crippen molar-refractivity contribution in [3.63, 3.8) is 0 Å². The minimum atomic E-state index is -0.641. The highest BCUT2D eigenvalue weighted by Crippen LogP contribution is 2.08. The monoisotopic (exact) mass is 240 g/mol. The normalized spacial score (nSPS) is 9.50. The number of hydrogen-bond donors (Lipinski definition) is 2. The van der Waals surface area contributed by atoms with Gasteiger partial charge in [0.15, 0.2) is 0 Å². The van der Waals surface area contributed by atoms with Crippen LogP contribution < -0.4 is 15.2 Å². The van der Waals surface area contributed by atoms with Crippen LogP contribution in [0.4, 0.5) is 4.79 Å². The Morgan fingerprint density at radius 2 is 2.00 bits per heavy atom. The number of hydrogen-bond acceptors (Lipinski definition) is 4. The smallest absolute Gasteiger partial charge is 0.297 e. The van der Waals surface area contributed by atoms with Gasteiger partial charge in [-0.2, -0.15) is 0 Å². The zero-order valence-electron chi connectivity index (χ0n) is 8.51. The van der Waals surface area contributed by atoms with E-state index in [1.165, 1.54) is 0 Å². The van der Waals surface area contributed by atoms with Crippen molar-refractivity contribution >= 4 is 23.1 Å². The molecule has 2 amide bonds. The largest absolute Gasteiger partial charge is 0.493 e. The van der Waals surface area contributed by atoms with Gasteiger partial charge in [-0.15, -0.1) is 0 Å². The molecule has 0 heterocycles. The van der Waals surface area contributed by atoms with Crippen LogP contribution >= 0.6 is 11.9 Å². The number of nitrogens with one attached hydrogen (secondary N) is 1. The summed E-state index contributed by atoms with van der Waals surface area (Å²) in [5.74, 6) is 0.414. The molecule has 0 aromatic heterocycles. The van der Waals surface area contributed by atoms with Crippen molar-refractivity contribution in [3.05, 3.63) is 30.3 Å². The number of para-hydroxylation sites is 1. The fourth-order valence-corrected chi connectivity index (χ4v) is 1.25. The molecule has 0 atom stereocenters. The number of benzene rings is 1. The molecule has 1 aromatic carbocycles. The molecule has 0 aliphatic heterocycles. The van der Waals surface area contributed by atoms with Crippen molar-refractivity contribution in [1.29, 1.82) is 0 Å². The molecule has 86 valence electrons. The van der Waals surface area contributed by atoms with Gasteiger partial charge in [-0.05, 0) is 12.1 Å². The SMILES string of the molecule is NC(=O)SNC(=O)CCOc1ccccc1. The first-order valence-corrected chi connectivity index (χ1v) is 5.43. The summed E-state index contributed by atoms with van der Waals surface area (Å²) in [4.78, 5) is 21.5. The van der Waals surface area contributed by atoms with Gasteiger partial charge in [0.25, 0.3) is 5.24 Å². The Morgan fingerprint density at radius 3 is 2.62 bits per heavy atom. The molecule has 0 bridgehead atoms. The van der Waals surface area contributed by atoms with Crippen molar-refractivity contribution in [3.8, 4) is 5.75 Å². The standard InChI is InChI=1S/C10H12N2O3S/c11-10(14)16-12-9(13)6-7-15-8-4-2-1-3-5-8/h1-5H,6-7H2,(H2,11,14)(H,12,13). The van der Waals surface area contributed by atoms with Crippen LogP contribution in [0.5, 0.6) is 5.75 Å². The summed E-state index contributed by atoms with van der Waals surface area (Å²) in [5, 5.41) is -0.641. The van der Waals surface area contributed by atoms with Crippen LogP contribution in [0.25, 0.3) is 0 Å². The molecule has 0 saturated carbocycles. The first-order chi connectivity index (χ1) is 7.68. The Bertz CT molecular complexity index is 356. The number of primary amides is 1. The lowest BCUT2D eigenvalue weighted by atomic mass is 10.3. The van der Waals surface area contributed by atoms with E-state index in [9.17, 15) is 9.59 Å². The van der Waals surface area contributed by atoms with Gasteiger partial charge in [-0.3, -0.25) is 14.3 Å². The number of carbonyl (C=O) groups is 2. The first kappa shape index (κ1) is 12.4. The molecule has 0 unspecified atom stereocenters. The molecule has 16 heavy (non-hydrogen) atoms. The van der Waals surface area contributed by atoms with Gasteiger partial charge in [0.05, 0.1) is 13.0 Å². The molecule has 0 radical (unpaired) electrons. The molecular formula is C10H12N2O3S. The lowest BCUT2D eigenvalue weighted by Crippen LogP contribution is -2.22. The van der Waals surface area contributed by atoms with E-state index in [0.29, 0.717) is 17.7 Å². The van der Waals surface area contributed by atoms with E-state index in [4.69, 9.17) is 10.5 Å². The summed E-state index contributed by atoms with van der Waals surface area (Å²) >= 11 is 0.569. The third kappa shape index (κ3) is 5.26. The van der Waals surface area contributed by atoms with E-state index in [2.05, 4.69) is 4.72 Å². The van der Waals surface area contributed by atoms with E-state index in [1.54, 1.807) is 12.1 Å². The molecule has 0 saturated heterocycles. The van der Waals surface area contributed by atoms with Gasteiger partial charge in [0.2, 0.25) is 5.91 Å². The van der Waals surface area contributed by atoms with Crippen molar-refractivity contribution in [2.45, 2.75) is 6.42 Å². The average Bonchev–Trinajstić information content (AvgIpc) is 2.28. The molecule has 0 aliphatic carbocycles. The second-order valence-corrected chi connectivity index (χ2v) is 3.67. The average molecular weight is 240 g/mol. The van der Waals surface area contributed by atoms with Crippen LogP contribution in [0.1, 0.15) is 6.42 Å². The molecule has 0 spiro atoms. The summed E-state index contributed by atoms with van der Waals surface area (Å²) < 4.78 is 7.59. The van der Waals surface area contributed by atoms with Gasteiger partial charge in [0, 0.05) is 11.9 Å². The Labute approximate surface area is 97.5 Å². The van der Waals surface area contributed by atoms with Crippen molar-refractivity contribution < 1.29 is 14.3 Å². The molecule has 0 aliphatic rings. The summed E-state index contributed by atoms with van der Waals surface area (Å²) in [6, 6.07) is 9.17. The Hall–Kier alpha value is -1.69. The number of ether oxygens (including phenoxy) is 1. The van der Waals surface area contributed by atoms with Gasteiger partial charge in [-0.25, -0.2) is 0 Å². The maximum Gasteiger partial charge on any atom is 0.297 e. The summed E-state index contributed by atoms with van der Waals surface area (Å²) in [6.07, 6.45) is 0.176. The third-order valence-corrected chi connectivity index (χ3v) is 2.14. The lowest BCUT2D eigenvalue weighted by Gasteiger charge is -2.05. The van der Waals surface area contributed by atoms with Crippen LogP contribution in [-0.2, 0) is 4.79 Å². The second kappa shape index (κ2) is 6.73. The summed E-state index contributed by atoms with van der Waals surface area (Å²) in [7, 11) is 0. The van der Waals surface area contributed by atoms with Gasteiger partial charge in [-0.1, -0.05) is 18.2 Å². The van der Waals surface area contributed by atoms with Crippen LogP contribution in [0.2, 0.25) is 0 Å². The Morgan fingerprint density at radius 1 is 1.31 bits per heavy atom. The molecule has 1 aromatic rings. The molecule has 6 heteroatoms. The van der Waals surface area contributed by atoms with Crippen molar-refractivity contribution in [1.82, 2.24) is 4.72 Å². The van der Waals surface area contributed by atoms with E-state index in [-0.39, 0.29) is 18.9 Å². The van der Waals surface area contributed by atoms with Crippen molar-refractivity contribution in [2.24, 2.45) is 5.73 Å². The highest BCUT2D eigenvalue weighted by atomic mass is 32.2.